The van der Waals surface area contributed by atoms with Gasteiger partial charge in [0, 0.05) is 34.8 Å². The number of anilines is 4. The number of hydrogen-bond acceptors (Lipinski definition) is 2. The molecule has 2 aliphatic heterocycles. The average Bonchev–Trinajstić information content (AvgIpc) is 3.18. The molecule has 7 aromatic rings. The van der Waals surface area contributed by atoms with Crippen LogP contribution in [0, 0.1) is 10.8 Å². The molecule has 0 fully saturated rings. The Bertz CT molecular complexity index is 2310. The second kappa shape index (κ2) is 13.2. The van der Waals surface area contributed by atoms with Crippen LogP contribution in [0.4, 0.5) is 22.7 Å². The first-order valence-corrected chi connectivity index (χ1v) is 20.0. The van der Waals surface area contributed by atoms with Crippen LogP contribution in [0.25, 0.3) is 43.8 Å². The highest BCUT2D eigenvalue weighted by molar-refractivity contribution is 6.22. The predicted octanol–water partition coefficient (Wildman–Crippen LogP) is 14.3. The van der Waals surface area contributed by atoms with Gasteiger partial charge in [0.25, 0.3) is 0 Å². The summed E-state index contributed by atoms with van der Waals surface area (Å²) >= 11 is 0. The number of nitrogens with zero attached hydrogens (tertiary/aromatic N) is 2. The van der Waals surface area contributed by atoms with Crippen molar-refractivity contribution in [1.82, 2.24) is 0 Å². The number of benzene rings is 7. The maximum absolute atomic E-state index is 2.66. The Labute approximate surface area is 322 Å². The largest absolute Gasteiger partial charge is 0.338 e. The van der Waals surface area contributed by atoms with Gasteiger partial charge in [-0.15, -0.1) is 0 Å². The molecule has 0 radical (unpaired) electrons. The highest BCUT2D eigenvalue weighted by Crippen LogP contribution is 2.50. The van der Waals surface area contributed by atoms with Crippen molar-refractivity contribution in [3.8, 4) is 22.3 Å². The van der Waals surface area contributed by atoms with Crippen molar-refractivity contribution in [3.63, 3.8) is 0 Å². The van der Waals surface area contributed by atoms with E-state index in [2.05, 4.69) is 197 Å². The van der Waals surface area contributed by atoms with Crippen molar-refractivity contribution in [1.29, 1.82) is 0 Å². The number of aryl methyl sites for hydroxylation is 2. The van der Waals surface area contributed by atoms with E-state index < -0.39 is 0 Å². The van der Waals surface area contributed by atoms with Gasteiger partial charge in [-0.25, -0.2) is 0 Å². The van der Waals surface area contributed by atoms with Crippen molar-refractivity contribution < 1.29 is 0 Å². The number of para-hydroxylation sites is 2. The number of rotatable bonds is 4. The van der Waals surface area contributed by atoms with E-state index in [9.17, 15) is 0 Å². The summed E-state index contributed by atoms with van der Waals surface area (Å²) in [7, 11) is 0. The molecule has 0 N–H and O–H groups in total. The Hall–Kier alpha value is -5.34. The third-order valence-electron chi connectivity index (χ3n) is 12.3. The van der Waals surface area contributed by atoms with Gasteiger partial charge in [-0.05, 0) is 128 Å². The Morgan fingerprint density at radius 2 is 0.778 bits per heavy atom. The summed E-state index contributed by atoms with van der Waals surface area (Å²) in [5.74, 6) is 0. The topological polar surface area (TPSA) is 6.48 Å². The van der Waals surface area contributed by atoms with Gasteiger partial charge in [0.05, 0.1) is 0 Å². The fourth-order valence-electron chi connectivity index (χ4n) is 9.71. The minimum absolute atomic E-state index is 0.109. The summed E-state index contributed by atoms with van der Waals surface area (Å²) in [5.41, 5.74) is 13.4. The number of fused-ring (bicyclic) bond motifs is 4. The Balaban J connectivity index is 1.36. The van der Waals surface area contributed by atoms with Gasteiger partial charge in [0.2, 0.25) is 0 Å². The molecule has 0 spiro atoms. The average molecular weight is 705 g/mol. The van der Waals surface area contributed by atoms with Gasteiger partial charge in [0.15, 0.2) is 0 Å². The molecule has 2 heterocycles. The first kappa shape index (κ1) is 34.4. The van der Waals surface area contributed by atoms with Crippen molar-refractivity contribution in [3.05, 3.63) is 157 Å². The zero-order chi connectivity index (χ0) is 37.2. The summed E-state index contributed by atoms with van der Waals surface area (Å²) in [6.45, 7) is 14.4. The third-order valence-corrected chi connectivity index (χ3v) is 12.3. The third kappa shape index (κ3) is 5.88. The van der Waals surface area contributed by atoms with E-state index in [0.29, 0.717) is 12.1 Å². The maximum atomic E-state index is 2.66. The van der Waals surface area contributed by atoms with Crippen LogP contribution in [0.1, 0.15) is 65.5 Å². The van der Waals surface area contributed by atoms with Gasteiger partial charge < -0.3 is 9.80 Å². The maximum Gasteiger partial charge on any atom is 0.0446 e. The van der Waals surface area contributed by atoms with Crippen molar-refractivity contribution in [2.45, 2.75) is 79.3 Å². The summed E-state index contributed by atoms with van der Waals surface area (Å²) in [4.78, 5) is 5.31. The zero-order valence-electron chi connectivity index (χ0n) is 32.7. The molecular formula is C52H52N2. The second-order valence-corrected chi connectivity index (χ2v) is 17.8. The predicted molar refractivity (Wildman–Crippen MR) is 233 cm³/mol. The minimum atomic E-state index is 0.109. The molecule has 270 valence electrons. The lowest BCUT2D eigenvalue weighted by molar-refractivity contribution is 0.296. The van der Waals surface area contributed by atoms with Gasteiger partial charge in [-0.2, -0.15) is 0 Å². The lowest BCUT2D eigenvalue weighted by Crippen LogP contribution is -2.44. The number of hydrogen-bond donors (Lipinski definition) is 0. The van der Waals surface area contributed by atoms with E-state index in [0.717, 1.165) is 25.7 Å². The SMILES string of the molecule is CC(C)(C)C1CCc2ccccc2N1c1ccc2c(-c3ccccc3)c3cc(N4c5ccccc5CCC4C(C)(C)C)ccc3c(-c3ccccc3)c2c1. The summed E-state index contributed by atoms with van der Waals surface area (Å²) in [6, 6.07) is 55.7. The first-order chi connectivity index (χ1) is 26.1. The quantitative estimate of drug-likeness (QED) is 0.168. The van der Waals surface area contributed by atoms with E-state index in [1.54, 1.807) is 0 Å². The molecule has 0 bridgehead atoms. The van der Waals surface area contributed by atoms with Crippen molar-refractivity contribution in [2.75, 3.05) is 9.80 Å². The van der Waals surface area contributed by atoms with Crippen molar-refractivity contribution >= 4 is 44.3 Å². The van der Waals surface area contributed by atoms with Gasteiger partial charge in [-0.1, -0.05) is 151 Å². The van der Waals surface area contributed by atoms with Gasteiger partial charge >= 0.3 is 0 Å². The van der Waals surface area contributed by atoms with Crippen LogP contribution < -0.4 is 9.80 Å². The first-order valence-electron chi connectivity index (χ1n) is 20.0. The molecule has 2 heteroatoms. The molecule has 7 aromatic carbocycles. The standard InChI is InChI=1S/C52H52N2/c1-51(2,3)47-31-25-35-17-13-15-23-45(35)53(47)39-27-29-41-43(33-39)49(37-19-9-7-10-20-37)42-30-28-40(34-44(42)50(41)38-21-11-8-12-22-38)54-46-24-16-14-18-36(46)26-32-48(54)52(4,5)6/h7-24,27-30,33-34,47-48H,25-26,31-32H2,1-6H3. The monoisotopic (exact) mass is 704 g/mol. The van der Waals surface area contributed by atoms with E-state index >= 15 is 0 Å². The highest BCUT2D eigenvalue weighted by atomic mass is 15.2. The van der Waals surface area contributed by atoms with E-state index in [-0.39, 0.29) is 10.8 Å². The van der Waals surface area contributed by atoms with E-state index in [1.807, 2.05) is 0 Å². The molecule has 0 aromatic heterocycles. The van der Waals surface area contributed by atoms with Crippen LogP contribution in [0.3, 0.4) is 0 Å². The van der Waals surface area contributed by atoms with Crippen molar-refractivity contribution in [2.24, 2.45) is 10.8 Å². The second-order valence-electron chi connectivity index (χ2n) is 17.8. The molecule has 0 aliphatic carbocycles. The fraction of sp³-hybridized carbons (Fsp3) is 0.269. The van der Waals surface area contributed by atoms with Crippen LogP contribution in [0.15, 0.2) is 146 Å². The molecule has 2 nitrogen and oxygen atoms in total. The molecule has 0 saturated carbocycles. The summed E-state index contributed by atoms with van der Waals surface area (Å²) in [5, 5.41) is 5.17. The van der Waals surface area contributed by atoms with Gasteiger partial charge in [-0.3, -0.25) is 0 Å². The molecule has 54 heavy (non-hydrogen) atoms. The Kier molecular flexibility index (Phi) is 8.42. The lowest BCUT2D eigenvalue weighted by atomic mass is 9.78. The lowest BCUT2D eigenvalue weighted by Gasteiger charge is -2.46. The Morgan fingerprint density at radius 3 is 1.17 bits per heavy atom. The van der Waals surface area contributed by atoms with Crippen LogP contribution in [0.5, 0.6) is 0 Å². The van der Waals surface area contributed by atoms with Crippen LogP contribution in [-0.4, -0.2) is 12.1 Å². The van der Waals surface area contributed by atoms with Crippen LogP contribution in [0.2, 0.25) is 0 Å². The van der Waals surface area contributed by atoms with Gasteiger partial charge in [0.1, 0.15) is 0 Å². The fourth-order valence-corrected chi connectivity index (χ4v) is 9.71. The normalized spacial score (nSPS) is 17.4. The summed E-state index contributed by atoms with van der Waals surface area (Å²) in [6.07, 6.45) is 4.49. The molecule has 2 atom stereocenters. The molecule has 2 unspecified atom stereocenters. The minimum Gasteiger partial charge on any atom is -0.338 e. The van der Waals surface area contributed by atoms with Crippen LogP contribution in [-0.2, 0) is 12.8 Å². The highest BCUT2D eigenvalue weighted by Gasteiger charge is 2.37. The smallest absolute Gasteiger partial charge is 0.0446 e. The Morgan fingerprint density at radius 1 is 0.407 bits per heavy atom. The molecule has 9 rings (SSSR count). The zero-order valence-corrected chi connectivity index (χ0v) is 32.7. The molecule has 2 aliphatic rings. The molecule has 0 saturated heterocycles. The summed E-state index contributed by atoms with van der Waals surface area (Å²) < 4.78 is 0. The van der Waals surface area contributed by atoms with E-state index in [1.165, 1.54) is 77.7 Å². The van der Waals surface area contributed by atoms with E-state index in [4.69, 9.17) is 0 Å². The van der Waals surface area contributed by atoms with Crippen LogP contribution >= 0.6 is 0 Å². The molecule has 0 amide bonds. The molecular weight excluding hydrogens is 653 g/mol.